The third kappa shape index (κ3) is 2.57. The average molecular weight is 378 g/mol. The standard InChI is InChI=1S/C21H22N4O3/c1-13-22-12-16(19(26)23-13)20(27)25-9-7-21(8-10-25)18-15(6-11-28-21)14-4-2-3-5-17(14)24-18/h2-5,12,24H,6-11H2,1H3,(H,22,23,26). The molecule has 2 aromatic heterocycles. The fraction of sp³-hybridized carbons (Fsp3) is 0.381. The summed E-state index contributed by atoms with van der Waals surface area (Å²) in [5.74, 6) is 0.234. The van der Waals surface area contributed by atoms with E-state index in [2.05, 4.69) is 33.2 Å². The number of H-pyrrole nitrogens is 2. The van der Waals surface area contributed by atoms with E-state index in [1.165, 1.54) is 17.1 Å². The van der Waals surface area contributed by atoms with Crippen LogP contribution in [0.3, 0.4) is 0 Å². The first-order valence-electron chi connectivity index (χ1n) is 9.67. The highest BCUT2D eigenvalue weighted by Crippen LogP contribution is 2.43. The summed E-state index contributed by atoms with van der Waals surface area (Å²) in [5, 5.41) is 1.26. The SMILES string of the molecule is Cc1ncc(C(=O)N2CCC3(CC2)OCCc2c3[nH]c3ccccc23)c(=O)[nH]1. The number of benzene rings is 1. The molecule has 4 heterocycles. The van der Waals surface area contributed by atoms with Gasteiger partial charge in [0, 0.05) is 30.2 Å². The maximum atomic E-state index is 12.8. The van der Waals surface area contributed by atoms with Crippen molar-refractivity contribution in [3.05, 3.63) is 63.5 Å². The highest BCUT2D eigenvalue weighted by molar-refractivity contribution is 5.93. The molecule has 0 unspecified atom stereocenters. The van der Waals surface area contributed by atoms with E-state index >= 15 is 0 Å². The monoisotopic (exact) mass is 378 g/mol. The maximum Gasteiger partial charge on any atom is 0.263 e. The molecule has 2 N–H and O–H groups in total. The number of carbonyl (C=O) groups is 1. The van der Waals surface area contributed by atoms with E-state index in [-0.39, 0.29) is 22.6 Å². The van der Waals surface area contributed by atoms with Gasteiger partial charge in [-0.3, -0.25) is 9.59 Å². The number of amides is 1. The summed E-state index contributed by atoms with van der Waals surface area (Å²) in [6.07, 6.45) is 3.67. The number of ether oxygens (including phenoxy) is 1. The number of nitrogens with zero attached hydrogens (tertiary/aromatic N) is 2. The molecule has 0 bridgehead atoms. The normalized spacial score (nSPS) is 18.4. The fourth-order valence-corrected chi connectivity index (χ4v) is 4.54. The molecular formula is C21H22N4O3. The summed E-state index contributed by atoms with van der Waals surface area (Å²) in [6.45, 7) is 3.46. The van der Waals surface area contributed by atoms with Crippen molar-refractivity contribution in [1.29, 1.82) is 0 Å². The van der Waals surface area contributed by atoms with Crippen LogP contribution in [-0.4, -0.2) is 45.5 Å². The van der Waals surface area contributed by atoms with Crippen molar-refractivity contribution < 1.29 is 9.53 Å². The van der Waals surface area contributed by atoms with Crippen molar-refractivity contribution >= 4 is 16.8 Å². The van der Waals surface area contributed by atoms with E-state index in [4.69, 9.17) is 4.74 Å². The summed E-state index contributed by atoms with van der Waals surface area (Å²) in [7, 11) is 0. The number of hydrogen-bond acceptors (Lipinski definition) is 4. The van der Waals surface area contributed by atoms with Crippen molar-refractivity contribution in [2.45, 2.75) is 31.8 Å². The quantitative estimate of drug-likeness (QED) is 0.680. The van der Waals surface area contributed by atoms with Crippen LogP contribution in [0.1, 0.15) is 40.3 Å². The van der Waals surface area contributed by atoms with Gasteiger partial charge in [-0.15, -0.1) is 0 Å². The minimum atomic E-state index is -0.388. The fourth-order valence-electron chi connectivity index (χ4n) is 4.54. The van der Waals surface area contributed by atoms with Gasteiger partial charge in [0.25, 0.3) is 11.5 Å². The van der Waals surface area contributed by atoms with Crippen molar-refractivity contribution in [2.24, 2.45) is 0 Å². The van der Waals surface area contributed by atoms with Gasteiger partial charge in [0.2, 0.25) is 0 Å². The molecule has 1 amide bonds. The van der Waals surface area contributed by atoms with Crippen LogP contribution in [0, 0.1) is 6.92 Å². The number of para-hydroxylation sites is 1. The van der Waals surface area contributed by atoms with Crippen LogP contribution in [0.25, 0.3) is 10.9 Å². The molecule has 1 fully saturated rings. The first kappa shape index (κ1) is 17.2. The Bertz CT molecular complexity index is 1120. The Morgan fingerprint density at radius 1 is 1.21 bits per heavy atom. The van der Waals surface area contributed by atoms with Gasteiger partial charge in [-0.25, -0.2) is 4.98 Å². The highest BCUT2D eigenvalue weighted by Gasteiger charge is 2.43. The second-order valence-corrected chi connectivity index (χ2v) is 7.62. The Labute approximate surface area is 161 Å². The van der Waals surface area contributed by atoms with Crippen LogP contribution in [0.4, 0.5) is 0 Å². The van der Waals surface area contributed by atoms with Crippen LogP contribution in [0.15, 0.2) is 35.3 Å². The predicted octanol–water partition coefficient (Wildman–Crippen LogP) is 2.26. The lowest BCUT2D eigenvalue weighted by molar-refractivity contribution is -0.0957. The smallest absolute Gasteiger partial charge is 0.263 e. The lowest BCUT2D eigenvalue weighted by Gasteiger charge is -2.43. The molecule has 3 aromatic rings. The van der Waals surface area contributed by atoms with E-state index in [1.807, 2.05) is 6.07 Å². The maximum absolute atomic E-state index is 12.8. The Balaban J connectivity index is 1.42. The first-order chi connectivity index (χ1) is 13.6. The van der Waals surface area contributed by atoms with Gasteiger partial charge in [-0.05, 0) is 37.8 Å². The molecule has 1 saturated heterocycles. The molecule has 0 atom stereocenters. The third-order valence-corrected chi connectivity index (χ3v) is 6.01. The van der Waals surface area contributed by atoms with E-state index < -0.39 is 0 Å². The minimum Gasteiger partial charge on any atom is -0.368 e. The Morgan fingerprint density at radius 2 is 2.00 bits per heavy atom. The van der Waals surface area contributed by atoms with E-state index in [1.54, 1.807) is 11.8 Å². The number of hydrogen-bond donors (Lipinski definition) is 2. The average Bonchev–Trinajstić information content (AvgIpc) is 3.09. The van der Waals surface area contributed by atoms with E-state index in [0.717, 1.165) is 17.6 Å². The Morgan fingerprint density at radius 3 is 2.79 bits per heavy atom. The summed E-state index contributed by atoms with van der Waals surface area (Å²) >= 11 is 0. The molecule has 7 heteroatoms. The summed E-state index contributed by atoms with van der Waals surface area (Å²) in [6, 6.07) is 8.34. The molecule has 2 aliphatic heterocycles. The number of carbonyl (C=O) groups excluding carboxylic acids is 1. The second-order valence-electron chi connectivity index (χ2n) is 7.62. The zero-order valence-corrected chi connectivity index (χ0v) is 15.7. The molecular weight excluding hydrogens is 356 g/mol. The number of rotatable bonds is 1. The molecule has 5 rings (SSSR count). The Hall–Kier alpha value is -2.93. The molecule has 144 valence electrons. The number of nitrogens with one attached hydrogen (secondary N) is 2. The van der Waals surface area contributed by atoms with E-state index in [9.17, 15) is 9.59 Å². The molecule has 0 aliphatic carbocycles. The second kappa shape index (κ2) is 6.31. The van der Waals surface area contributed by atoms with Gasteiger partial charge in [0.15, 0.2) is 0 Å². The topological polar surface area (TPSA) is 91.1 Å². The van der Waals surface area contributed by atoms with Crippen molar-refractivity contribution in [3.63, 3.8) is 0 Å². The van der Waals surface area contributed by atoms with Crippen LogP contribution < -0.4 is 5.56 Å². The van der Waals surface area contributed by atoms with Gasteiger partial charge in [0.1, 0.15) is 17.0 Å². The van der Waals surface area contributed by atoms with Crippen LogP contribution >= 0.6 is 0 Å². The van der Waals surface area contributed by atoms with Gasteiger partial charge in [-0.1, -0.05) is 18.2 Å². The Kier molecular flexibility index (Phi) is 3.87. The van der Waals surface area contributed by atoms with E-state index in [0.29, 0.717) is 38.4 Å². The molecule has 0 radical (unpaired) electrons. The molecule has 0 saturated carbocycles. The first-order valence-corrected chi connectivity index (χ1v) is 9.67. The van der Waals surface area contributed by atoms with Crippen LogP contribution in [0.5, 0.6) is 0 Å². The molecule has 2 aliphatic rings. The lowest BCUT2D eigenvalue weighted by Crippen LogP contribution is -2.49. The number of piperidine rings is 1. The highest BCUT2D eigenvalue weighted by atomic mass is 16.5. The minimum absolute atomic E-state index is 0.0948. The third-order valence-electron chi connectivity index (χ3n) is 6.01. The van der Waals surface area contributed by atoms with Gasteiger partial charge in [0.05, 0.1) is 12.3 Å². The number of aromatic amines is 2. The zero-order chi connectivity index (χ0) is 19.3. The number of likely N-dealkylation sites (tertiary alicyclic amines) is 1. The van der Waals surface area contributed by atoms with Crippen molar-refractivity contribution in [1.82, 2.24) is 19.9 Å². The van der Waals surface area contributed by atoms with Gasteiger partial charge < -0.3 is 19.6 Å². The van der Waals surface area contributed by atoms with Crippen molar-refractivity contribution in [2.75, 3.05) is 19.7 Å². The summed E-state index contributed by atoms with van der Waals surface area (Å²) < 4.78 is 6.29. The number of fused-ring (bicyclic) bond motifs is 4. The summed E-state index contributed by atoms with van der Waals surface area (Å²) in [4.78, 5) is 36.9. The van der Waals surface area contributed by atoms with Crippen LogP contribution in [-0.2, 0) is 16.8 Å². The van der Waals surface area contributed by atoms with Crippen LogP contribution in [0.2, 0.25) is 0 Å². The van der Waals surface area contributed by atoms with Gasteiger partial charge in [-0.2, -0.15) is 0 Å². The molecule has 1 spiro atoms. The zero-order valence-electron chi connectivity index (χ0n) is 15.7. The van der Waals surface area contributed by atoms with Crippen molar-refractivity contribution in [3.8, 4) is 0 Å². The lowest BCUT2D eigenvalue weighted by atomic mass is 9.83. The molecule has 28 heavy (non-hydrogen) atoms. The number of aryl methyl sites for hydroxylation is 1. The molecule has 7 nitrogen and oxygen atoms in total. The summed E-state index contributed by atoms with van der Waals surface area (Å²) in [5.41, 5.74) is 2.94. The predicted molar refractivity (Wildman–Crippen MR) is 104 cm³/mol. The number of aromatic nitrogens is 3. The largest absolute Gasteiger partial charge is 0.368 e. The van der Waals surface area contributed by atoms with Gasteiger partial charge >= 0.3 is 0 Å². The molecule has 1 aromatic carbocycles.